The summed E-state index contributed by atoms with van der Waals surface area (Å²) in [5.74, 6) is 1.18. The number of aryl methyl sites for hydroxylation is 1. The van der Waals surface area contributed by atoms with Crippen molar-refractivity contribution >= 4 is 30.8 Å². The van der Waals surface area contributed by atoms with Gasteiger partial charge in [-0.25, -0.2) is 14.3 Å². The lowest BCUT2D eigenvalue weighted by atomic mass is 10.1. The molecule has 1 saturated heterocycles. The first kappa shape index (κ1) is 30.0. The number of aliphatic hydroxyl groups excluding tert-OH is 2. The van der Waals surface area contributed by atoms with Crippen LogP contribution in [0.5, 0.6) is 0 Å². The summed E-state index contributed by atoms with van der Waals surface area (Å²) in [6, 6.07) is 0.646. The van der Waals surface area contributed by atoms with Gasteiger partial charge in [-0.2, -0.15) is 9.97 Å². The topological polar surface area (TPSA) is 253 Å². The van der Waals surface area contributed by atoms with Crippen LogP contribution < -0.4 is 22.3 Å². The van der Waals surface area contributed by atoms with Crippen molar-refractivity contribution in [2.24, 2.45) is 5.92 Å². The van der Waals surface area contributed by atoms with Gasteiger partial charge >= 0.3 is 13.5 Å². The van der Waals surface area contributed by atoms with E-state index in [0.29, 0.717) is 11.6 Å². The quantitative estimate of drug-likeness (QED) is 0.128. The minimum Gasteiger partial charge on any atom is -0.396 e. The molecule has 1 aliphatic heterocycles. The van der Waals surface area contributed by atoms with Gasteiger partial charge in [-0.05, 0) is 26.2 Å². The van der Waals surface area contributed by atoms with Crippen molar-refractivity contribution in [3.8, 4) is 0 Å². The number of anilines is 2. The van der Waals surface area contributed by atoms with E-state index in [1.54, 1.807) is 6.33 Å². The van der Waals surface area contributed by atoms with Crippen LogP contribution in [0.15, 0.2) is 34.3 Å². The fraction of sp³-hybridized carbons (Fsp3) is 0.542. The van der Waals surface area contributed by atoms with Crippen molar-refractivity contribution in [3.05, 3.63) is 51.1 Å². The van der Waals surface area contributed by atoms with E-state index in [1.165, 1.54) is 13.1 Å². The Morgan fingerprint density at radius 2 is 1.98 bits per heavy atom. The maximum Gasteiger partial charge on any atom is 0.469 e. The molecule has 0 bridgehead atoms. The number of hydrogen-bond donors (Lipinski definition) is 7. The number of aliphatic hydroxyl groups is 2. The number of ether oxygens (including phenoxy) is 1. The van der Waals surface area contributed by atoms with Crippen LogP contribution in [0.1, 0.15) is 43.5 Å². The molecule has 3 aromatic rings. The number of aromatic nitrogens is 6. The second-order valence-corrected chi connectivity index (χ2v) is 11.7. The zero-order chi connectivity index (χ0) is 30.2. The van der Waals surface area contributed by atoms with Gasteiger partial charge in [0.15, 0.2) is 17.0 Å². The summed E-state index contributed by atoms with van der Waals surface area (Å²) < 4.78 is 23.4. The Bertz CT molecular complexity index is 1630. The summed E-state index contributed by atoms with van der Waals surface area (Å²) in [6.45, 7) is 1.17. The van der Waals surface area contributed by atoms with Crippen LogP contribution in [0, 0.1) is 12.8 Å². The number of phosphoric ester groups is 1. The molecule has 0 aromatic carbocycles. The number of imidazole rings is 1. The molecule has 3 aromatic heterocycles. The molecule has 5 atom stereocenters. The van der Waals surface area contributed by atoms with E-state index in [1.807, 2.05) is 10.6 Å². The minimum atomic E-state index is -4.67. The lowest BCUT2D eigenvalue weighted by molar-refractivity contribution is -0.0451. The van der Waals surface area contributed by atoms with Crippen LogP contribution in [0.4, 0.5) is 11.8 Å². The standard InChI is InChI=1S/C14H18N6O.C10H15N2O8P/c15-14-18-12(17-9-2-3-9)11-13(19-14)20(7-16-11)10-4-1-8(5-10)6-21;1-5-3-12(10(15)11-9(5)14)8-2-6(13)7(20-8)4-19-21(16,17)18/h1,4,7-10,21H,2-3,5-6H2,(H3,15,17,18,19);3,6-8,13H,2,4H2,1H3,(H,11,14,15)(H2,16,17,18)/t8-,10+;6-,7+,8+/m10/s1. The van der Waals surface area contributed by atoms with Crippen molar-refractivity contribution in [2.75, 3.05) is 24.3 Å². The van der Waals surface area contributed by atoms with Gasteiger partial charge in [0, 0.05) is 36.7 Å². The third kappa shape index (κ3) is 6.95. The van der Waals surface area contributed by atoms with Crippen molar-refractivity contribution < 1.29 is 33.8 Å². The number of nitrogens with zero attached hydrogens (tertiary/aromatic N) is 5. The van der Waals surface area contributed by atoms with Crippen LogP contribution in [0.2, 0.25) is 0 Å². The first-order valence-corrected chi connectivity index (χ1v) is 14.9. The van der Waals surface area contributed by atoms with Gasteiger partial charge in [-0.15, -0.1) is 0 Å². The van der Waals surface area contributed by atoms with Crippen LogP contribution in [0.3, 0.4) is 0 Å². The van der Waals surface area contributed by atoms with E-state index in [0.717, 1.165) is 40.8 Å². The number of nitrogens with one attached hydrogen (secondary N) is 2. The van der Waals surface area contributed by atoms with Gasteiger partial charge in [0.05, 0.1) is 25.1 Å². The fourth-order valence-electron chi connectivity index (χ4n) is 4.80. The summed E-state index contributed by atoms with van der Waals surface area (Å²) in [5.41, 5.74) is 6.43. The number of nitrogen functional groups attached to an aromatic ring is 1. The van der Waals surface area contributed by atoms with E-state index in [9.17, 15) is 24.4 Å². The molecule has 6 rings (SSSR count). The van der Waals surface area contributed by atoms with Crippen molar-refractivity contribution in [1.82, 2.24) is 29.1 Å². The third-order valence-electron chi connectivity index (χ3n) is 7.17. The number of fused-ring (bicyclic) bond motifs is 1. The monoisotopic (exact) mass is 608 g/mol. The number of allylic oxidation sites excluding steroid dienone is 1. The molecular formula is C24H33N8O9P. The summed E-state index contributed by atoms with van der Waals surface area (Å²) >= 11 is 0. The molecule has 2 fully saturated rings. The number of H-pyrrole nitrogens is 1. The van der Waals surface area contributed by atoms with Gasteiger partial charge in [0.2, 0.25) is 5.95 Å². The van der Waals surface area contributed by atoms with Crippen molar-refractivity contribution in [3.63, 3.8) is 0 Å². The van der Waals surface area contributed by atoms with Gasteiger partial charge < -0.3 is 40.4 Å². The van der Waals surface area contributed by atoms with Crippen LogP contribution in [0.25, 0.3) is 11.2 Å². The minimum absolute atomic E-state index is 0.0283. The number of aromatic amines is 1. The summed E-state index contributed by atoms with van der Waals surface area (Å²) in [7, 11) is -4.67. The zero-order valence-electron chi connectivity index (χ0n) is 22.6. The smallest absolute Gasteiger partial charge is 0.396 e. The van der Waals surface area contributed by atoms with E-state index < -0.39 is 44.1 Å². The predicted molar refractivity (Wildman–Crippen MR) is 148 cm³/mol. The van der Waals surface area contributed by atoms with Crippen molar-refractivity contribution in [2.45, 2.75) is 63.1 Å². The summed E-state index contributed by atoms with van der Waals surface area (Å²) in [4.78, 5) is 55.4. The Morgan fingerprint density at radius 3 is 2.64 bits per heavy atom. The normalized spacial score (nSPS) is 25.5. The number of rotatable bonds is 8. The highest BCUT2D eigenvalue weighted by Gasteiger charge is 2.37. The van der Waals surface area contributed by atoms with Crippen LogP contribution in [-0.4, -0.2) is 80.5 Å². The van der Waals surface area contributed by atoms with E-state index in [2.05, 4.69) is 35.9 Å². The number of hydrogen-bond acceptors (Lipinski definition) is 12. The lowest BCUT2D eigenvalue weighted by Gasteiger charge is -2.16. The summed E-state index contributed by atoms with van der Waals surface area (Å²) in [6.07, 6.45) is 7.54. The molecule has 8 N–H and O–H groups in total. The molecule has 1 saturated carbocycles. The Hall–Kier alpha value is -3.44. The Kier molecular flexibility index (Phi) is 8.61. The third-order valence-corrected chi connectivity index (χ3v) is 7.65. The second-order valence-electron chi connectivity index (χ2n) is 10.5. The highest BCUT2D eigenvalue weighted by Crippen LogP contribution is 2.38. The van der Waals surface area contributed by atoms with Gasteiger partial charge in [-0.3, -0.25) is 18.9 Å². The maximum absolute atomic E-state index is 11.7. The fourth-order valence-corrected chi connectivity index (χ4v) is 5.14. The van der Waals surface area contributed by atoms with Crippen molar-refractivity contribution in [1.29, 1.82) is 0 Å². The van der Waals surface area contributed by atoms with E-state index in [-0.39, 0.29) is 30.9 Å². The largest absolute Gasteiger partial charge is 0.469 e. The Balaban J connectivity index is 0.000000168. The Labute approximate surface area is 238 Å². The van der Waals surface area contributed by atoms with E-state index >= 15 is 0 Å². The predicted octanol–water partition coefficient (Wildman–Crippen LogP) is -0.305. The van der Waals surface area contributed by atoms with Gasteiger partial charge in [-0.1, -0.05) is 12.2 Å². The molecule has 3 aliphatic rings. The average molecular weight is 609 g/mol. The molecule has 0 amide bonds. The molecule has 0 radical (unpaired) electrons. The lowest BCUT2D eigenvalue weighted by Crippen LogP contribution is -2.33. The molecule has 0 unspecified atom stereocenters. The highest BCUT2D eigenvalue weighted by atomic mass is 31.2. The maximum atomic E-state index is 11.7. The molecular weight excluding hydrogens is 575 g/mol. The second kappa shape index (κ2) is 12.0. The average Bonchev–Trinajstić information content (AvgIpc) is 3.29. The van der Waals surface area contributed by atoms with Gasteiger partial charge in [0.25, 0.3) is 5.56 Å². The zero-order valence-corrected chi connectivity index (χ0v) is 23.5. The molecule has 2 aliphatic carbocycles. The number of nitrogens with two attached hydrogens (primary N) is 1. The SMILES string of the molecule is Cc1cn([C@H]2C[C@H](O)[C@@H](COP(=O)(O)O)O2)c(=O)[nH]c1=O.Nc1nc(NC2CC2)c2ncn([C@H]3C=C[C@@H](CO)C3)c2n1. The first-order chi connectivity index (χ1) is 19.9. The molecule has 42 heavy (non-hydrogen) atoms. The first-order valence-electron chi connectivity index (χ1n) is 13.3. The van der Waals surface area contributed by atoms with E-state index in [4.69, 9.17) is 20.3 Å². The highest BCUT2D eigenvalue weighted by molar-refractivity contribution is 7.46. The molecule has 0 spiro atoms. The van der Waals surface area contributed by atoms with Crippen LogP contribution in [-0.2, 0) is 13.8 Å². The molecule has 4 heterocycles. The number of phosphoric acid groups is 1. The van der Waals surface area contributed by atoms with Crippen LogP contribution >= 0.6 is 7.82 Å². The molecule has 17 nitrogen and oxygen atoms in total. The molecule has 18 heteroatoms. The summed E-state index contributed by atoms with van der Waals surface area (Å²) in [5, 5.41) is 22.4. The van der Waals surface area contributed by atoms with Gasteiger partial charge in [0.1, 0.15) is 12.3 Å². The molecule has 228 valence electrons. The Morgan fingerprint density at radius 1 is 1.21 bits per heavy atom.